The number of carbonyl (C=O) groups excluding carboxylic acids is 2. The second kappa shape index (κ2) is 12.1. The van der Waals surface area contributed by atoms with E-state index < -0.39 is 0 Å². The Balaban J connectivity index is 1.61. The SMILES string of the molecule is CCCCCCCCCCCN1C(=O)C2=C(c3ccccc3)N(C)C(=O)C2=C1c1ccc(C(C)(C)C)cc1. The molecule has 2 aliphatic rings. The monoisotopic (exact) mass is 512 g/mol. The maximum Gasteiger partial charge on any atom is 0.261 e. The van der Waals surface area contributed by atoms with Crippen molar-refractivity contribution in [3.05, 3.63) is 82.4 Å². The summed E-state index contributed by atoms with van der Waals surface area (Å²) >= 11 is 0. The summed E-state index contributed by atoms with van der Waals surface area (Å²) in [6.07, 6.45) is 11.1. The number of hydrogen-bond donors (Lipinski definition) is 0. The summed E-state index contributed by atoms with van der Waals surface area (Å²) in [7, 11) is 1.78. The number of likely N-dealkylation sites (N-methyl/N-ethyl adjacent to an activating group) is 1. The van der Waals surface area contributed by atoms with E-state index in [0.717, 1.165) is 29.7 Å². The Morgan fingerprint density at radius 1 is 0.632 bits per heavy atom. The molecule has 38 heavy (non-hydrogen) atoms. The van der Waals surface area contributed by atoms with E-state index in [0.29, 0.717) is 23.4 Å². The molecule has 0 fully saturated rings. The normalized spacial score (nSPS) is 15.8. The molecule has 0 radical (unpaired) electrons. The summed E-state index contributed by atoms with van der Waals surface area (Å²) < 4.78 is 0. The summed E-state index contributed by atoms with van der Waals surface area (Å²) in [4.78, 5) is 31.2. The predicted octanol–water partition coefficient (Wildman–Crippen LogP) is 7.95. The van der Waals surface area contributed by atoms with Gasteiger partial charge in [0.05, 0.1) is 22.5 Å². The highest BCUT2D eigenvalue weighted by Crippen LogP contribution is 2.46. The number of nitrogens with zero attached hydrogens (tertiary/aromatic N) is 2. The fourth-order valence-electron chi connectivity index (χ4n) is 5.62. The summed E-state index contributed by atoms with van der Waals surface area (Å²) in [6, 6.07) is 18.2. The van der Waals surface area contributed by atoms with Gasteiger partial charge >= 0.3 is 0 Å². The Hall–Kier alpha value is -3.14. The smallest absolute Gasteiger partial charge is 0.261 e. The largest absolute Gasteiger partial charge is 0.310 e. The van der Waals surface area contributed by atoms with Crippen molar-refractivity contribution in [1.82, 2.24) is 9.80 Å². The molecule has 0 saturated heterocycles. The van der Waals surface area contributed by atoms with E-state index in [-0.39, 0.29) is 17.2 Å². The Bertz CT molecular complexity index is 1200. The van der Waals surface area contributed by atoms with Gasteiger partial charge in [-0.15, -0.1) is 0 Å². The van der Waals surface area contributed by atoms with Gasteiger partial charge in [0.2, 0.25) is 0 Å². The number of unbranched alkanes of at least 4 members (excludes halogenated alkanes) is 8. The molecule has 2 aromatic rings. The topological polar surface area (TPSA) is 40.6 Å². The molecule has 0 aliphatic carbocycles. The van der Waals surface area contributed by atoms with Crippen LogP contribution in [0.4, 0.5) is 0 Å². The van der Waals surface area contributed by atoms with Crippen LogP contribution in [0, 0.1) is 0 Å². The van der Waals surface area contributed by atoms with Gasteiger partial charge in [0.1, 0.15) is 0 Å². The molecule has 0 N–H and O–H groups in total. The zero-order chi connectivity index (χ0) is 27.3. The van der Waals surface area contributed by atoms with Crippen molar-refractivity contribution in [3.63, 3.8) is 0 Å². The van der Waals surface area contributed by atoms with Crippen molar-refractivity contribution < 1.29 is 9.59 Å². The molecule has 0 spiro atoms. The van der Waals surface area contributed by atoms with Crippen molar-refractivity contribution in [2.75, 3.05) is 13.6 Å². The van der Waals surface area contributed by atoms with Crippen LogP contribution < -0.4 is 0 Å². The zero-order valence-electron chi connectivity index (χ0n) is 24.0. The minimum Gasteiger partial charge on any atom is -0.310 e. The lowest BCUT2D eigenvalue weighted by molar-refractivity contribution is -0.123. The lowest BCUT2D eigenvalue weighted by Crippen LogP contribution is -2.29. The average Bonchev–Trinajstić information content (AvgIpc) is 3.33. The lowest BCUT2D eigenvalue weighted by Gasteiger charge is -2.24. The highest BCUT2D eigenvalue weighted by Gasteiger charge is 2.47. The molecule has 2 aliphatic heterocycles. The van der Waals surface area contributed by atoms with Gasteiger partial charge in [-0.25, -0.2) is 0 Å². The zero-order valence-corrected chi connectivity index (χ0v) is 24.0. The summed E-state index contributed by atoms with van der Waals surface area (Å²) in [5.74, 6) is -0.150. The van der Waals surface area contributed by atoms with Crippen LogP contribution in [-0.4, -0.2) is 35.2 Å². The summed E-state index contributed by atoms with van der Waals surface area (Å²) in [6.45, 7) is 9.47. The van der Waals surface area contributed by atoms with Gasteiger partial charge in [0, 0.05) is 13.6 Å². The van der Waals surface area contributed by atoms with Crippen LogP contribution in [0.15, 0.2) is 65.7 Å². The maximum absolute atomic E-state index is 14.0. The molecule has 4 heteroatoms. The van der Waals surface area contributed by atoms with Crippen molar-refractivity contribution in [1.29, 1.82) is 0 Å². The number of benzene rings is 2. The van der Waals surface area contributed by atoms with Crippen LogP contribution in [0.5, 0.6) is 0 Å². The molecule has 4 rings (SSSR count). The molecule has 0 atom stereocenters. The van der Waals surface area contributed by atoms with E-state index in [1.54, 1.807) is 11.9 Å². The van der Waals surface area contributed by atoms with Crippen LogP contribution in [0.2, 0.25) is 0 Å². The van der Waals surface area contributed by atoms with Gasteiger partial charge in [-0.3, -0.25) is 9.59 Å². The van der Waals surface area contributed by atoms with Gasteiger partial charge in [0.25, 0.3) is 11.8 Å². The molecule has 2 heterocycles. The third kappa shape index (κ3) is 5.80. The van der Waals surface area contributed by atoms with Crippen LogP contribution in [0.3, 0.4) is 0 Å². The molecule has 0 unspecified atom stereocenters. The first-order chi connectivity index (χ1) is 18.3. The highest BCUT2D eigenvalue weighted by molar-refractivity contribution is 6.30. The van der Waals surface area contributed by atoms with Crippen molar-refractivity contribution in [2.24, 2.45) is 0 Å². The van der Waals surface area contributed by atoms with Gasteiger partial charge in [0.15, 0.2) is 0 Å². The summed E-state index contributed by atoms with van der Waals surface area (Å²) in [5, 5.41) is 0. The molecule has 0 saturated carbocycles. The van der Waals surface area contributed by atoms with Crippen molar-refractivity contribution in [2.45, 2.75) is 90.9 Å². The minimum absolute atomic E-state index is 0.0347. The Kier molecular flexibility index (Phi) is 8.91. The molecule has 0 aromatic heterocycles. The van der Waals surface area contributed by atoms with Crippen LogP contribution >= 0.6 is 0 Å². The number of amides is 2. The lowest BCUT2D eigenvalue weighted by atomic mass is 9.86. The van der Waals surface area contributed by atoms with E-state index in [2.05, 4.69) is 52.0 Å². The Morgan fingerprint density at radius 3 is 1.74 bits per heavy atom. The number of rotatable bonds is 12. The van der Waals surface area contributed by atoms with E-state index in [1.165, 1.54) is 50.5 Å². The van der Waals surface area contributed by atoms with E-state index in [1.807, 2.05) is 35.2 Å². The minimum atomic E-state index is -0.100. The molecule has 0 bridgehead atoms. The van der Waals surface area contributed by atoms with E-state index in [9.17, 15) is 9.59 Å². The second-order valence-electron chi connectivity index (χ2n) is 11.8. The number of fused-ring (bicyclic) bond motifs is 1. The molecular weight excluding hydrogens is 468 g/mol. The predicted molar refractivity (Wildman–Crippen MR) is 157 cm³/mol. The van der Waals surface area contributed by atoms with E-state index in [4.69, 9.17) is 0 Å². The van der Waals surface area contributed by atoms with Gasteiger partial charge in [-0.05, 0) is 28.5 Å². The third-order valence-corrected chi connectivity index (χ3v) is 7.86. The fraction of sp³-hybridized carbons (Fsp3) is 0.471. The Labute approximate surface area is 229 Å². The summed E-state index contributed by atoms with van der Waals surface area (Å²) in [5.41, 5.74) is 5.69. The maximum atomic E-state index is 14.0. The number of hydrogen-bond acceptors (Lipinski definition) is 2. The van der Waals surface area contributed by atoms with Crippen LogP contribution in [0.25, 0.3) is 11.4 Å². The molecule has 2 aromatic carbocycles. The average molecular weight is 513 g/mol. The third-order valence-electron chi connectivity index (χ3n) is 7.86. The first-order valence-electron chi connectivity index (χ1n) is 14.5. The van der Waals surface area contributed by atoms with Crippen molar-refractivity contribution in [3.8, 4) is 0 Å². The molecule has 4 nitrogen and oxygen atoms in total. The van der Waals surface area contributed by atoms with Gasteiger partial charge in [-0.2, -0.15) is 0 Å². The Morgan fingerprint density at radius 2 is 1.16 bits per heavy atom. The second-order valence-corrected chi connectivity index (χ2v) is 11.8. The quantitative estimate of drug-likeness (QED) is 0.271. The fourth-order valence-corrected chi connectivity index (χ4v) is 5.62. The molecule has 202 valence electrons. The molecular formula is C34H44N2O2. The standard InChI is InChI=1S/C34H44N2O2/c1-6-7-8-9-10-11-12-13-17-24-36-31(26-20-22-27(23-21-26)34(2,3)4)29-28(33(36)38)30(35(5)32(29)37)25-18-15-14-16-19-25/h14-16,18-23H,6-13,17,24H2,1-5H3. The highest BCUT2D eigenvalue weighted by atomic mass is 16.2. The van der Waals surface area contributed by atoms with Gasteiger partial charge < -0.3 is 9.80 Å². The first-order valence-corrected chi connectivity index (χ1v) is 14.5. The first kappa shape index (κ1) is 27.9. The molecule has 2 amide bonds. The van der Waals surface area contributed by atoms with Crippen molar-refractivity contribution >= 4 is 23.2 Å². The van der Waals surface area contributed by atoms with Crippen LogP contribution in [-0.2, 0) is 15.0 Å². The van der Waals surface area contributed by atoms with Gasteiger partial charge in [-0.1, -0.05) is 134 Å². The number of carbonyl (C=O) groups is 2. The van der Waals surface area contributed by atoms with Crippen LogP contribution in [0.1, 0.15) is 102 Å². The van der Waals surface area contributed by atoms with E-state index >= 15 is 0 Å².